The van der Waals surface area contributed by atoms with Gasteiger partial charge in [0.1, 0.15) is 10.7 Å². The topological polar surface area (TPSA) is 116 Å². The summed E-state index contributed by atoms with van der Waals surface area (Å²) in [6.45, 7) is 2.00. The molecule has 0 saturated carbocycles. The van der Waals surface area contributed by atoms with Gasteiger partial charge in [0, 0.05) is 15.7 Å². The summed E-state index contributed by atoms with van der Waals surface area (Å²) in [4.78, 5) is 14.7. The molecule has 0 radical (unpaired) electrons. The molecule has 1 aromatic carbocycles. The van der Waals surface area contributed by atoms with E-state index in [0.717, 1.165) is 21.5 Å². The summed E-state index contributed by atoms with van der Waals surface area (Å²) in [7, 11) is 0. The molecule has 4 rings (SSSR count). The van der Waals surface area contributed by atoms with Gasteiger partial charge in [-0.3, -0.25) is 10.1 Å². The summed E-state index contributed by atoms with van der Waals surface area (Å²) >= 11 is 4.94. The molecule has 11 heteroatoms. The Balaban J connectivity index is 1.70. The van der Waals surface area contributed by atoms with Crippen molar-refractivity contribution < 1.29 is 14.1 Å². The molecule has 1 atom stereocenters. The van der Waals surface area contributed by atoms with Crippen molar-refractivity contribution in [2.45, 2.75) is 18.3 Å². The largest absolute Gasteiger partial charge is 0.448 e. The number of ether oxygens (including phenoxy) is 1. The van der Waals surface area contributed by atoms with Crippen molar-refractivity contribution in [2.75, 3.05) is 11.1 Å². The van der Waals surface area contributed by atoms with Gasteiger partial charge < -0.3 is 14.5 Å². The van der Waals surface area contributed by atoms with Crippen molar-refractivity contribution in [1.82, 2.24) is 15.2 Å². The van der Waals surface area contributed by atoms with Crippen LogP contribution in [0.25, 0.3) is 17.3 Å². The Kier molecular flexibility index (Phi) is 5.49. The minimum Gasteiger partial charge on any atom is -0.448 e. The average molecular weight is 476 g/mol. The predicted octanol–water partition coefficient (Wildman–Crippen LogP) is 4.76. The minimum atomic E-state index is -0.600. The Hall–Kier alpha value is -2.92. The molecule has 0 bridgehead atoms. The zero-order chi connectivity index (χ0) is 20.4. The lowest BCUT2D eigenvalue weighted by atomic mass is 10.1. The van der Waals surface area contributed by atoms with Gasteiger partial charge in [0.2, 0.25) is 11.0 Å². The number of anilines is 1. The van der Waals surface area contributed by atoms with Gasteiger partial charge in [-0.2, -0.15) is 4.98 Å². The quantitative estimate of drug-likeness (QED) is 0.316. The van der Waals surface area contributed by atoms with Crippen molar-refractivity contribution in [3.63, 3.8) is 0 Å². The third-order valence-corrected chi connectivity index (χ3v) is 5.12. The highest BCUT2D eigenvalue weighted by Crippen LogP contribution is 2.38. The van der Waals surface area contributed by atoms with E-state index in [4.69, 9.17) is 9.15 Å². The van der Waals surface area contributed by atoms with Crippen molar-refractivity contribution in [3.8, 4) is 17.1 Å². The van der Waals surface area contributed by atoms with Gasteiger partial charge in [-0.1, -0.05) is 34.6 Å². The van der Waals surface area contributed by atoms with Crippen LogP contribution in [0.15, 0.2) is 50.5 Å². The molecule has 148 valence electrons. The van der Waals surface area contributed by atoms with Gasteiger partial charge in [0.15, 0.2) is 11.9 Å². The lowest BCUT2D eigenvalue weighted by Gasteiger charge is -2.15. The number of nitrogens with one attached hydrogen (secondary N) is 1. The smallest absolute Gasteiger partial charge is 0.433 e. The number of nitrogens with zero attached hydrogens (tertiary/aromatic N) is 4. The van der Waals surface area contributed by atoms with E-state index in [1.54, 1.807) is 12.2 Å². The van der Waals surface area contributed by atoms with Crippen molar-refractivity contribution >= 4 is 45.3 Å². The summed E-state index contributed by atoms with van der Waals surface area (Å²) in [5.74, 6) is 1.17. The Bertz CT molecular complexity index is 1100. The van der Waals surface area contributed by atoms with E-state index in [2.05, 4.69) is 36.4 Å². The van der Waals surface area contributed by atoms with E-state index < -0.39 is 11.2 Å². The number of furan rings is 1. The fraction of sp³-hybridized carbons (Fsp3) is 0.167. The number of halogens is 1. The summed E-state index contributed by atoms with van der Waals surface area (Å²) in [6.07, 6.45) is 2.69. The first kappa shape index (κ1) is 19.4. The van der Waals surface area contributed by atoms with Crippen molar-refractivity contribution in [2.24, 2.45) is 0 Å². The number of thioether (sulfide) groups is 1. The second-order valence-corrected chi connectivity index (χ2v) is 7.99. The number of fused-ring (bicyclic) bond motifs is 3. The number of hydrogen-bond donors (Lipinski definition) is 1. The maximum Gasteiger partial charge on any atom is 0.433 e. The standard InChI is InChI=1S/C18H14BrN5O4S/c1-2-29-18-21-17-16(22-23-18)12-9-10(19)3-6-13(12)20-14(28-17)7-4-11-5-8-15(27-11)24(25)26/h3-9,14,20H,2H2,1H3/b7-4+. The highest BCUT2D eigenvalue weighted by atomic mass is 79.9. The molecule has 1 unspecified atom stereocenters. The molecule has 0 spiro atoms. The second kappa shape index (κ2) is 8.21. The van der Waals surface area contributed by atoms with E-state index in [1.165, 1.54) is 23.9 Å². The number of hydrogen-bond acceptors (Lipinski definition) is 9. The second-order valence-electron chi connectivity index (χ2n) is 5.85. The van der Waals surface area contributed by atoms with Gasteiger partial charge in [-0.05, 0) is 42.2 Å². The van der Waals surface area contributed by atoms with Gasteiger partial charge in [0.05, 0.1) is 6.07 Å². The fourth-order valence-electron chi connectivity index (χ4n) is 2.68. The Labute approximate surface area is 177 Å². The first-order valence-corrected chi connectivity index (χ1v) is 10.3. The summed E-state index contributed by atoms with van der Waals surface area (Å²) < 4.78 is 12.1. The molecule has 0 fully saturated rings. The Morgan fingerprint density at radius 1 is 1.34 bits per heavy atom. The number of nitro groups is 1. The normalized spacial score (nSPS) is 15.2. The average Bonchev–Trinajstić information content (AvgIpc) is 3.12. The Morgan fingerprint density at radius 2 is 2.21 bits per heavy atom. The van der Waals surface area contributed by atoms with E-state index >= 15 is 0 Å². The molecule has 9 nitrogen and oxygen atoms in total. The third-order valence-electron chi connectivity index (χ3n) is 3.91. The van der Waals surface area contributed by atoms with Crippen LogP contribution in [-0.4, -0.2) is 32.1 Å². The SMILES string of the molecule is CCSc1nnc2c(n1)OC(/C=C/c1ccc([N+](=O)[O-])o1)Nc1ccc(Br)cc1-2. The maximum atomic E-state index is 10.8. The molecule has 1 aliphatic heterocycles. The molecule has 3 heterocycles. The lowest BCUT2D eigenvalue weighted by Crippen LogP contribution is -2.23. The Morgan fingerprint density at radius 3 is 2.97 bits per heavy atom. The molecular formula is C18H14BrN5O4S. The summed E-state index contributed by atoms with van der Waals surface area (Å²) in [6, 6.07) is 8.52. The zero-order valence-electron chi connectivity index (χ0n) is 15.0. The van der Waals surface area contributed by atoms with Crippen LogP contribution in [0.3, 0.4) is 0 Å². The molecular weight excluding hydrogens is 462 g/mol. The van der Waals surface area contributed by atoms with E-state index in [9.17, 15) is 10.1 Å². The molecule has 1 N–H and O–H groups in total. The van der Waals surface area contributed by atoms with Crippen LogP contribution in [0.2, 0.25) is 0 Å². The maximum absolute atomic E-state index is 10.8. The van der Waals surface area contributed by atoms with Gasteiger partial charge in [0.25, 0.3) is 0 Å². The van der Waals surface area contributed by atoms with Crippen LogP contribution in [0, 0.1) is 10.1 Å². The van der Waals surface area contributed by atoms with E-state index in [0.29, 0.717) is 22.5 Å². The highest BCUT2D eigenvalue weighted by molar-refractivity contribution is 9.10. The zero-order valence-corrected chi connectivity index (χ0v) is 17.4. The van der Waals surface area contributed by atoms with Gasteiger partial charge in [-0.15, -0.1) is 10.2 Å². The highest BCUT2D eigenvalue weighted by Gasteiger charge is 2.24. The van der Waals surface area contributed by atoms with Crippen LogP contribution < -0.4 is 10.1 Å². The molecule has 3 aromatic rings. The molecule has 0 saturated heterocycles. The van der Waals surface area contributed by atoms with E-state index in [1.807, 2.05) is 25.1 Å². The van der Waals surface area contributed by atoms with Crippen LogP contribution in [0.1, 0.15) is 12.7 Å². The van der Waals surface area contributed by atoms with Crippen LogP contribution in [-0.2, 0) is 0 Å². The first-order valence-electron chi connectivity index (χ1n) is 8.56. The summed E-state index contributed by atoms with van der Waals surface area (Å²) in [5.41, 5.74) is 2.12. The molecule has 29 heavy (non-hydrogen) atoms. The molecule has 2 aromatic heterocycles. The van der Waals surface area contributed by atoms with Gasteiger partial charge >= 0.3 is 5.88 Å². The molecule has 0 amide bonds. The summed E-state index contributed by atoms with van der Waals surface area (Å²) in [5, 5.41) is 23.1. The fourth-order valence-corrected chi connectivity index (χ4v) is 3.55. The minimum absolute atomic E-state index is 0.321. The van der Waals surface area contributed by atoms with Crippen LogP contribution in [0.5, 0.6) is 5.88 Å². The molecule has 1 aliphatic rings. The van der Waals surface area contributed by atoms with E-state index in [-0.39, 0.29) is 5.88 Å². The number of aromatic nitrogens is 3. The molecule has 0 aliphatic carbocycles. The monoisotopic (exact) mass is 475 g/mol. The van der Waals surface area contributed by atoms with Crippen LogP contribution in [0.4, 0.5) is 11.6 Å². The van der Waals surface area contributed by atoms with Crippen molar-refractivity contribution in [1.29, 1.82) is 0 Å². The van der Waals surface area contributed by atoms with Crippen molar-refractivity contribution in [3.05, 3.63) is 56.8 Å². The number of rotatable bonds is 5. The first-order chi connectivity index (χ1) is 14.0. The third kappa shape index (κ3) is 4.25. The lowest BCUT2D eigenvalue weighted by molar-refractivity contribution is -0.402. The number of benzene rings is 1. The van der Waals surface area contributed by atoms with Crippen LogP contribution >= 0.6 is 27.7 Å². The van der Waals surface area contributed by atoms with Gasteiger partial charge in [-0.25, -0.2) is 0 Å². The predicted molar refractivity (Wildman–Crippen MR) is 112 cm³/mol.